The number of pyridine rings is 1. The van der Waals surface area contributed by atoms with Gasteiger partial charge in [-0.05, 0) is 29.5 Å². The topological polar surface area (TPSA) is 85.9 Å². The summed E-state index contributed by atoms with van der Waals surface area (Å²) >= 11 is 0. The second-order valence-electron chi connectivity index (χ2n) is 4.15. The lowest BCUT2D eigenvalue weighted by atomic mass is 10.1. The van der Waals surface area contributed by atoms with Crippen LogP contribution in [0.15, 0.2) is 36.8 Å². The fourth-order valence-electron chi connectivity index (χ4n) is 1.74. The van der Waals surface area contributed by atoms with Crippen molar-refractivity contribution in [3.05, 3.63) is 52.5 Å². The van der Waals surface area contributed by atoms with Crippen LogP contribution in [-0.2, 0) is 6.54 Å². The molecule has 0 spiro atoms. The van der Waals surface area contributed by atoms with E-state index in [4.69, 9.17) is 0 Å². The molecule has 0 saturated carbocycles. The van der Waals surface area contributed by atoms with Crippen molar-refractivity contribution in [1.82, 2.24) is 20.1 Å². The number of aromatic nitrogens is 3. The van der Waals surface area contributed by atoms with Crippen molar-refractivity contribution in [2.24, 2.45) is 0 Å². The predicted molar refractivity (Wildman–Crippen MR) is 69.5 cm³/mol. The number of rotatable bonds is 6. The van der Waals surface area contributed by atoms with Gasteiger partial charge in [-0.2, -0.15) is 4.68 Å². The Hall–Kier alpha value is -2.28. The Bertz CT molecular complexity index is 540. The van der Waals surface area contributed by atoms with Crippen LogP contribution < -0.4 is 5.32 Å². The van der Waals surface area contributed by atoms with Gasteiger partial charge in [0.2, 0.25) is 0 Å². The van der Waals surface area contributed by atoms with Crippen LogP contribution in [0.4, 0.5) is 5.82 Å². The minimum absolute atomic E-state index is 0.123. The number of nitrogens with one attached hydrogen (secondary N) is 1. The van der Waals surface area contributed by atoms with Gasteiger partial charge in [0, 0.05) is 25.0 Å². The van der Waals surface area contributed by atoms with Crippen molar-refractivity contribution in [2.75, 3.05) is 6.54 Å². The molecule has 2 aromatic heterocycles. The molecular formula is C12H15N5O2. The average molecular weight is 261 g/mol. The molecule has 0 aliphatic rings. The molecule has 0 amide bonds. The van der Waals surface area contributed by atoms with Gasteiger partial charge < -0.3 is 15.4 Å². The second kappa shape index (κ2) is 6.05. The van der Waals surface area contributed by atoms with Gasteiger partial charge in [0.25, 0.3) is 0 Å². The van der Waals surface area contributed by atoms with E-state index in [1.54, 1.807) is 23.3 Å². The molecule has 0 saturated heterocycles. The average Bonchev–Trinajstić information content (AvgIpc) is 2.89. The molecule has 0 aliphatic carbocycles. The molecule has 7 nitrogen and oxygen atoms in total. The number of nitro groups is 1. The molecule has 0 bridgehead atoms. The highest BCUT2D eigenvalue weighted by Crippen LogP contribution is 2.10. The molecule has 19 heavy (non-hydrogen) atoms. The van der Waals surface area contributed by atoms with Crippen LogP contribution in [0.5, 0.6) is 0 Å². The van der Waals surface area contributed by atoms with E-state index in [0.717, 1.165) is 5.56 Å². The molecule has 1 atom stereocenters. The Balaban J connectivity index is 1.81. The fourth-order valence-corrected chi connectivity index (χ4v) is 1.74. The number of nitrogens with zero attached hydrogens (tertiary/aromatic N) is 4. The van der Waals surface area contributed by atoms with Crippen LogP contribution >= 0.6 is 0 Å². The zero-order valence-corrected chi connectivity index (χ0v) is 10.6. The first-order chi connectivity index (χ1) is 9.16. The Morgan fingerprint density at radius 1 is 1.42 bits per heavy atom. The molecule has 0 unspecified atom stereocenters. The predicted octanol–water partition coefficient (Wildman–Crippen LogP) is 1.54. The zero-order chi connectivity index (χ0) is 13.7. The maximum atomic E-state index is 10.5. The van der Waals surface area contributed by atoms with Crippen molar-refractivity contribution in [3.63, 3.8) is 0 Å². The third kappa shape index (κ3) is 3.59. The minimum atomic E-state index is -0.497. The summed E-state index contributed by atoms with van der Waals surface area (Å²) in [5, 5.41) is 17.7. The summed E-state index contributed by atoms with van der Waals surface area (Å²) < 4.78 is 1.56. The van der Waals surface area contributed by atoms with Crippen LogP contribution in [0.25, 0.3) is 0 Å². The lowest BCUT2D eigenvalue weighted by Crippen LogP contribution is -2.23. The molecule has 0 aromatic carbocycles. The Labute approximate surface area is 110 Å². The monoisotopic (exact) mass is 261 g/mol. The molecule has 0 aliphatic heterocycles. The van der Waals surface area contributed by atoms with E-state index in [1.807, 2.05) is 12.1 Å². The van der Waals surface area contributed by atoms with E-state index in [2.05, 4.69) is 22.3 Å². The molecule has 0 fully saturated rings. The lowest BCUT2D eigenvalue weighted by Gasteiger charge is -2.13. The normalized spacial score (nSPS) is 12.3. The van der Waals surface area contributed by atoms with Gasteiger partial charge in [0.1, 0.15) is 0 Å². The molecule has 7 heteroatoms. The van der Waals surface area contributed by atoms with Gasteiger partial charge in [-0.15, -0.1) is 0 Å². The minimum Gasteiger partial charge on any atom is -0.358 e. The molecule has 2 rings (SSSR count). The van der Waals surface area contributed by atoms with Gasteiger partial charge in [0.15, 0.2) is 0 Å². The molecule has 2 heterocycles. The maximum absolute atomic E-state index is 10.5. The van der Waals surface area contributed by atoms with Gasteiger partial charge in [-0.3, -0.25) is 4.98 Å². The highest BCUT2D eigenvalue weighted by molar-refractivity contribution is 5.14. The quantitative estimate of drug-likeness (QED) is 0.629. The van der Waals surface area contributed by atoms with Crippen LogP contribution in [0, 0.1) is 10.1 Å². The third-order valence-corrected chi connectivity index (χ3v) is 2.81. The van der Waals surface area contributed by atoms with Crippen molar-refractivity contribution < 1.29 is 4.92 Å². The van der Waals surface area contributed by atoms with Gasteiger partial charge >= 0.3 is 5.82 Å². The standard InChI is InChI=1S/C12H15N5O2/c1-10(11-2-5-13-6-3-11)14-7-9-16-8-4-12(15-16)17(18)19/h2-6,8,10,14H,7,9H2,1H3/t10-/m1/s1. The Morgan fingerprint density at radius 2 is 2.16 bits per heavy atom. The van der Waals surface area contributed by atoms with E-state index in [0.29, 0.717) is 13.1 Å². The molecule has 2 aromatic rings. The maximum Gasteiger partial charge on any atom is 0.389 e. The van der Waals surface area contributed by atoms with Crippen molar-refractivity contribution >= 4 is 5.82 Å². The van der Waals surface area contributed by atoms with Crippen LogP contribution in [-0.4, -0.2) is 26.2 Å². The highest BCUT2D eigenvalue weighted by Gasteiger charge is 2.10. The van der Waals surface area contributed by atoms with Gasteiger partial charge in [0.05, 0.1) is 23.9 Å². The van der Waals surface area contributed by atoms with Crippen LogP contribution in [0.2, 0.25) is 0 Å². The van der Waals surface area contributed by atoms with Crippen LogP contribution in [0.3, 0.4) is 0 Å². The largest absolute Gasteiger partial charge is 0.389 e. The van der Waals surface area contributed by atoms with Gasteiger partial charge in [-0.1, -0.05) is 0 Å². The molecule has 1 N–H and O–H groups in total. The summed E-state index contributed by atoms with van der Waals surface area (Å²) in [6, 6.07) is 5.51. The molecule has 0 radical (unpaired) electrons. The van der Waals surface area contributed by atoms with Crippen molar-refractivity contribution in [2.45, 2.75) is 19.5 Å². The summed E-state index contributed by atoms with van der Waals surface area (Å²) in [5.74, 6) is -0.123. The number of hydrogen-bond acceptors (Lipinski definition) is 5. The van der Waals surface area contributed by atoms with Gasteiger partial charge in [-0.25, -0.2) is 0 Å². The summed E-state index contributed by atoms with van der Waals surface area (Å²) in [5.41, 5.74) is 1.15. The first-order valence-corrected chi connectivity index (χ1v) is 5.98. The van der Waals surface area contributed by atoms with Crippen molar-refractivity contribution in [1.29, 1.82) is 0 Å². The molecular weight excluding hydrogens is 246 g/mol. The Morgan fingerprint density at radius 3 is 2.79 bits per heavy atom. The van der Waals surface area contributed by atoms with E-state index >= 15 is 0 Å². The summed E-state index contributed by atoms with van der Waals surface area (Å²) in [7, 11) is 0. The summed E-state index contributed by atoms with van der Waals surface area (Å²) in [4.78, 5) is 14.0. The third-order valence-electron chi connectivity index (χ3n) is 2.81. The Kier molecular flexibility index (Phi) is 4.19. The smallest absolute Gasteiger partial charge is 0.358 e. The highest BCUT2D eigenvalue weighted by atomic mass is 16.6. The lowest BCUT2D eigenvalue weighted by molar-refractivity contribution is -0.389. The van der Waals surface area contributed by atoms with E-state index in [-0.39, 0.29) is 11.9 Å². The summed E-state index contributed by atoms with van der Waals surface area (Å²) in [6.07, 6.45) is 5.12. The number of hydrogen-bond donors (Lipinski definition) is 1. The van der Waals surface area contributed by atoms with E-state index in [1.165, 1.54) is 6.07 Å². The SMILES string of the molecule is C[C@@H](NCCn1ccc([N+](=O)[O-])n1)c1ccncc1. The first-order valence-electron chi connectivity index (χ1n) is 5.98. The fraction of sp³-hybridized carbons (Fsp3) is 0.333. The van der Waals surface area contributed by atoms with Crippen LogP contribution in [0.1, 0.15) is 18.5 Å². The zero-order valence-electron chi connectivity index (χ0n) is 10.6. The van der Waals surface area contributed by atoms with Crippen molar-refractivity contribution in [3.8, 4) is 0 Å². The van der Waals surface area contributed by atoms with E-state index < -0.39 is 4.92 Å². The van der Waals surface area contributed by atoms with E-state index in [9.17, 15) is 10.1 Å². The first kappa shape index (κ1) is 13.2. The molecule has 100 valence electrons. The summed E-state index contributed by atoms with van der Waals surface area (Å²) in [6.45, 7) is 3.33. The second-order valence-corrected chi connectivity index (χ2v) is 4.15.